The molecule has 0 aromatic carbocycles. The van der Waals surface area contributed by atoms with Crippen LogP contribution in [0.15, 0.2) is 18.6 Å². The van der Waals surface area contributed by atoms with Crippen LogP contribution >= 0.6 is 0 Å². The summed E-state index contributed by atoms with van der Waals surface area (Å²) in [5.41, 5.74) is 0.814. The molecule has 8 heteroatoms. The number of hydrogen-bond acceptors (Lipinski definition) is 6. The molecule has 0 bridgehead atoms. The number of aromatic nitrogens is 5. The molecule has 0 saturated heterocycles. The summed E-state index contributed by atoms with van der Waals surface area (Å²) in [6.45, 7) is 2.95. The van der Waals surface area contributed by atoms with E-state index in [9.17, 15) is 4.79 Å². The lowest BCUT2D eigenvalue weighted by molar-refractivity contribution is 0.0690. The van der Waals surface area contributed by atoms with Crippen molar-refractivity contribution in [2.75, 3.05) is 11.9 Å². The van der Waals surface area contributed by atoms with E-state index in [0.717, 1.165) is 11.5 Å². The first-order valence-electron chi connectivity index (χ1n) is 5.31. The van der Waals surface area contributed by atoms with E-state index in [1.807, 2.05) is 13.0 Å². The van der Waals surface area contributed by atoms with Crippen molar-refractivity contribution >= 4 is 11.8 Å². The van der Waals surface area contributed by atoms with Gasteiger partial charge in [0.1, 0.15) is 12.1 Å². The average Bonchev–Trinajstić information content (AvgIpc) is 2.78. The summed E-state index contributed by atoms with van der Waals surface area (Å²) in [4.78, 5) is 18.6. The Morgan fingerprint density at radius 3 is 3.00 bits per heavy atom. The molecule has 18 heavy (non-hydrogen) atoms. The Labute approximate surface area is 103 Å². The van der Waals surface area contributed by atoms with Gasteiger partial charge in [-0.3, -0.25) is 0 Å². The maximum atomic E-state index is 10.6. The minimum atomic E-state index is -1.08. The van der Waals surface area contributed by atoms with E-state index in [4.69, 9.17) is 5.11 Å². The summed E-state index contributed by atoms with van der Waals surface area (Å²) in [6.07, 6.45) is 2.87. The number of anilines is 1. The van der Waals surface area contributed by atoms with Crippen LogP contribution in [0.25, 0.3) is 0 Å². The van der Waals surface area contributed by atoms with Gasteiger partial charge in [0.25, 0.3) is 0 Å². The molecule has 0 aliphatic heterocycles. The van der Waals surface area contributed by atoms with E-state index >= 15 is 0 Å². The highest BCUT2D eigenvalue weighted by molar-refractivity contribution is 5.84. The molecule has 2 rings (SSSR count). The third-order valence-corrected chi connectivity index (χ3v) is 2.21. The van der Waals surface area contributed by atoms with Gasteiger partial charge < -0.3 is 10.4 Å². The average molecular weight is 248 g/mol. The first-order chi connectivity index (χ1) is 8.65. The minimum Gasteiger partial charge on any atom is -0.476 e. The van der Waals surface area contributed by atoms with Gasteiger partial charge in [-0.1, -0.05) is 5.21 Å². The molecule has 0 fully saturated rings. The van der Waals surface area contributed by atoms with Crippen LogP contribution in [0.3, 0.4) is 0 Å². The monoisotopic (exact) mass is 248 g/mol. The van der Waals surface area contributed by atoms with Gasteiger partial charge in [0, 0.05) is 18.3 Å². The number of nitrogens with zero attached hydrogens (tertiary/aromatic N) is 5. The second-order valence-corrected chi connectivity index (χ2v) is 3.64. The predicted octanol–water partition coefficient (Wildman–Crippen LogP) is 0.187. The zero-order valence-corrected chi connectivity index (χ0v) is 9.74. The van der Waals surface area contributed by atoms with Crippen LogP contribution < -0.4 is 5.32 Å². The summed E-state index contributed by atoms with van der Waals surface area (Å²) in [7, 11) is 0. The number of aryl methyl sites for hydroxylation is 1. The number of rotatable bonds is 5. The number of hydrogen-bond donors (Lipinski definition) is 2. The Morgan fingerprint density at radius 1 is 1.50 bits per heavy atom. The minimum absolute atomic E-state index is 0.0621. The van der Waals surface area contributed by atoms with Crippen molar-refractivity contribution < 1.29 is 9.90 Å². The third-order valence-electron chi connectivity index (χ3n) is 2.21. The van der Waals surface area contributed by atoms with Crippen molar-refractivity contribution in [3.05, 3.63) is 30.0 Å². The molecule has 0 radical (unpaired) electrons. The number of carboxylic acid groups (broad SMARTS) is 1. The van der Waals surface area contributed by atoms with Crippen LogP contribution in [0.5, 0.6) is 0 Å². The molecule has 0 aliphatic carbocycles. The van der Waals surface area contributed by atoms with E-state index in [1.165, 1.54) is 17.2 Å². The fourth-order valence-corrected chi connectivity index (χ4v) is 1.36. The molecule has 0 spiro atoms. The van der Waals surface area contributed by atoms with Crippen LogP contribution in [0.2, 0.25) is 0 Å². The van der Waals surface area contributed by atoms with Crippen LogP contribution in [0, 0.1) is 6.92 Å². The maximum Gasteiger partial charge on any atom is 0.358 e. The first kappa shape index (κ1) is 12.0. The molecule has 0 unspecified atom stereocenters. The number of aromatic carboxylic acids is 1. The van der Waals surface area contributed by atoms with Gasteiger partial charge in [-0.25, -0.2) is 19.4 Å². The van der Waals surface area contributed by atoms with Gasteiger partial charge in [-0.05, 0) is 6.92 Å². The molecule has 0 atom stereocenters. The third kappa shape index (κ3) is 3.00. The van der Waals surface area contributed by atoms with Crippen LogP contribution in [0.1, 0.15) is 16.2 Å². The predicted molar refractivity (Wildman–Crippen MR) is 62.2 cm³/mol. The van der Waals surface area contributed by atoms with Gasteiger partial charge in [-0.15, -0.1) is 5.10 Å². The highest BCUT2D eigenvalue weighted by Crippen LogP contribution is 2.02. The molecule has 0 aliphatic rings. The first-order valence-corrected chi connectivity index (χ1v) is 5.31. The standard InChI is InChI=1S/C10H12N6O2/c1-7-4-9(13-6-12-7)11-2-3-16-5-8(10(17)18)14-15-16/h4-6H,2-3H2,1H3,(H,17,18)(H,11,12,13). The fourth-order valence-electron chi connectivity index (χ4n) is 1.36. The second-order valence-electron chi connectivity index (χ2n) is 3.64. The summed E-state index contributed by atoms with van der Waals surface area (Å²) in [5.74, 6) is -0.360. The van der Waals surface area contributed by atoms with Crippen molar-refractivity contribution in [2.24, 2.45) is 0 Å². The van der Waals surface area contributed by atoms with Gasteiger partial charge in [0.05, 0.1) is 12.7 Å². The van der Waals surface area contributed by atoms with Crippen molar-refractivity contribution in [1.29, 1.82) is 0 Å². The van der Waals surface area contributed by atoms with Crippen LogP contribution in [0.4, 0.5) is 5.82 Å². The Morgan fingerprint density at radius 2 is 2.33 bits per heavy atom. The highest BCUT2D eigenvalue weighted by atomic mass is 16.4. The zero-order chi connectivity index (χ0) is 13.0. The zero-order valence-electron chi connectivity index (χ0n) is 9.74. The SMILES string of the molecule is Cc1cc(NCCn2cc(C(=O)O)nn2)ncn1. The summed E-state index contributed by atoms with van der Waals surface area (Å²) >= 11 is 0. The Kier molecular flexibility index (Phi) is 3.46. The van der Waals surface area contributed by atoms with E-state index in [-0.39, 0.29) is 5.69 Å². The van der Waals surface area contributed by atoms with Gasteiger partial charge in [0.15, 0.2) is 5.69 Å². The highest BCUT2D eigenvalue weighted by Gasteiger charge is 2.07. The number of nitrogens with one attached hydrogen (secondary N) is 1. The topological polar surface area (TPSA) is 106 Å². The molecule has 2 N–H and O–H groups in total. The largest absolute Gasteiger partial charge is 0.476 e. The summed E-state index contributed by atoms with van der Waals surface area (Å²) in [6, 6.07) is 1.82. The number of carboxylic acids is 1. The molecular weight excluding hydrogens is 236 g/mol. The smallest absolute Gasteiger partial charge is 0.358 e. The lowest BCUT2D eigenvalue weighted by atomic mass is 10.4. The molecule has 0 saturated carbocycles. The lowest BCUT2D eigenvalue weighted by Gasteiger charge is -2.04. The molecule has 2 aromatic rings. The van der Waals surface area contributed by atoms with Gasteiger partial charge in [-0.2, -0.15) is 0 Å². The van der Waals surface area contributed by atoms with Crippen LogP contribution in [-0.4, -0.2) is 42.6 Å². The van der Waals surface area contributed by atoms with E-state index in [0.29, 0.717) is 13.1 Å². The lowest BCUT2D eigenvalue weighted by Crippen LogP contribution is -2.12. The van der Waals surface area contributed by atoms with Crippen molar-refractivity contribution in [3.8, 4) is 0 Å². The van der Waals surface area contributed by atoms with Gasteiger partial charge in [0.2, 0.25) is 0 Å². The number of carbonyl (C=O) groups is 1. The quantitative estimate of drug-likeness (QED) is 0.777. The fraction of sp³-hybridized carbons (Fsp3) is 0.300. The molecule has 0 amide bonds. The Bertz CT molecular complexity index is 553. The summed E-state index contributed by atoms with van der Waals surface area (Å²) in [5, 5.41) is 19.0. The van der Waals surface area contributed by atoms with Crippen LogP contribution in [-0.2, 0) is 6.54 Å². The van der Waals surface area contributed by atoms with Gasteiger partial charge >= 0.3 is 5.97 Å². The molecule has 2 aromatic heterocycles. The van der Waals surface area contributed by atoms with Crippen molar-refractivity contribution in [3.63, 3.8) is 0 Å². The van der Waals surface area contributed by atoms with E-state index < -0.39 is 5.97 Å². The van der Waals surface area contributed by atoms with E-state index in [1.54, 1.807) is 0 Å². The molecule has 94 valence electrons. The maximum absolute atomic E-state index is 10.6. The van der Waals surface area contributed by atoms with Crippen molar-refractivity contribution in [1.82, 2.24) is 25.0 Å². The summed E-state index contributed by atoms with van der Waals surface area (Å²) < 4.78 is 1.46. The Balaban J connectivity index is 1.86. The molecule has 8 nitrogen and oxygen atoms in total. The Hall–Kier alpha value is -2.51. The van der Waals surface area contributed by atoms with E-state index in [2.05, 4.69) is 25.6 Å². The normalized spacial score (nSPS) is 10.3. The molecule has 2 heterocycles. The van der Waals surface area contributed by atoms with Crippen molar-refractivity contribution in [2.45, 2.75) is 13.5 Å². The molecular formula is C10H12N6O2. The second kappa shape index (κ2) is 5.21.